The summed E-state index contributed by atoms with van der Waals surface area (Å²) in [7, 11) is 0. The molecule has 0 bridgehead atoms. The molecule has 0 fully saturated rings. The highest BCUT2D eigenvalue weighted by Crippen LogP contribution is 2.27. The minimum atomic E-state index is -0.479. The van der Waals surface area contributed by atoms with Gasteiger partial charge < -0.3 is 16.0 Å². The average Bonchev–Trinajstić information content (AvgIpc) is 2.89. The van der Waals surface area contributed by atoms with Gasteiger partial charge in [-0.15, -0.1) is 0 Å². The number of hydrogen-bond donors (Lipinski definition) is 3. The lowest BCUT2D eigenvalue weighted by atomic mass is 10.1. The second-order valence-electron chi connectivity index (χ2n) is 7.95. The molecule has 0 atom stereocenters. The number of amides is 1. The molecule has 0 saturated heterocycles. The number of nitrogens with one attached hydrogen (secondary N) is 3. The van der Waals surface area contributed by atoms with Gasteiger partial charge in [0.05, 0.1) is 17.1 Å². The highest BCUT2D eigenvalue weighted by Gasteiger charge is 2.10. The number of rotatable bonds is 6. The minimum absolute atomic E-state index is 0.329. The fourth-order valence-corrected chi connectivity index (χ4v) is 3.72. The van der Waals surface area contributed by atoms with Crippen molar-refractivity contribution in [1.29, 1.82) is 5.26 Å². The van der Waals surface area contributed by atoms with Crippen LogP contribution < -0.4 is 16.0 Å². The maximum absolute atomic E-state index is 14.2. The Hall–Kier alpha value is -5.29. The molecular weight excluding hydrogens is 455 g/mol. The van der Waals surface area contributed by atoms with Crippen LogP contribution in [-0.2, 0) is 0 Å². The number of fused-ring (bicyclic) bond motifs is 1. The van der Waals surface area contributed by atoms with Crippen molar-refractivity contribution in [2.24, 2.45) is 0 Å². The van der Waals surface area contributed by atoms with Crippen LogP contribution in [0.1, 0.15) is 15.9 Å². The van der Waals surface area contributed by atoms with Crippen LogP contribution in [-0.4, -0.2) is 15.9 Å². The Kier molecular flexibility index (Phi) is 6.19. The van der Waals surface area contributed by atoms with Crippen LogP contribution in [0, 0.1) is 17.1 Å². The predicted molar refractivity (Wildman–Crippen MR) is 138 cm³/mol. The second-order valence-corrected chi connectivity index (χ2v) is 7.95. The molecule has 0 unspecified atom stereocenters. The van der Waals surface area contributed by atoms with Gasteiger partial charge in [0.2, 0.25) is 0 Å². The maximum atomic E-state index is 14.2. The lowest BCUT2D eigenvalue weighted by Gasteiger charge is -2.12. The Morgan fingerprint density at radius 1 is 0.778 bits per heavy atom. The molecule has 8 heteroatoms. The Balaban J connectivity index is 1.30. The van der Waals surface area contributed by atoms with E-state index in [1.807, 2.05) is 6.07 Å². The van der Waals surface area contributed by atoms with Crippen LogP contribution >= 0.6 is 0 Å². The normalized spacial score (nSPS) is 10.4. The summed E-state index contributed by atoms with van der Waals surface area (Å²) in [5, 5.41) is 19.2. The molecule has 3 N–H and O–H groups in total. The summed E-state index contributed by atoms with van der Waals surface area (Å²) < 4.78 is 14.2. The first kappa shape index (κ1) is 22.5. The van der Waals surface area contributed by atoms with E-state index in [9.17, 15) is 14.4 Å². The van der Waals surface area contributed by atoms with Gasteiger partial charge in [0.25, 0.3) is 5.91 Å². The molecule has 5 aromatic rings. The van der Waals surface area contributed by atoms with Crippen molar-refractivity contribution in [3.05, 3.63) is 114 Å². The summed E-state index contributed by atoms with van der Waals surface area (Å²) in [6.45, 7) is 0. The first-order valence-electron chi connectivity index (χ1n) is 11.0. The van der Waals surface area contributed by atoms with Crippen molar-refractivity contribution in [3.8, 4) is 6.07 Å². The second kappa shape index (κ2) is 9.91. The van der Waals surface area contributed by atoms with Gasteiger partial charge in [0.15, 0.2) is 0 Å². The molecule has 174 valence electrons. The Labute approximate surface area is 206 Å². The number of aromatic nitrogens is 2. The van der Waals surface area contributed by atoms with Gasteiger partial charge in [0, 0.05) is 58.0 Å². The molecule has 0 aliphatic heterocycles. The van der Waals surface area contributed by atoms with Crippen molar-refractivity contribution in [3.63, 3.8) is 0 Å². The van der Waals surface area contributed by atoms with Crippen molar-refractivity contribution in [2.45, 2.75) is 0 Å². The first-order chi connectivity index (χ1) is 17.6. The zero-order chi connectivity index (χ0) is 24.9. The maximum Gasteiger partial charge on any atom is 0.255 e. The van der Waals surface area contributed by atoms with Crippen molar-refractivity contribution in [2.75, 3.05) is 16.0 Å². The molecule has 1 amide bonds. The number of anilines is 5. The lowest BCUT2D eigenvalue weighted by Crippen LogP contribution is -2.12. The van der Waals surface area contributed by atoms with E-state index in [0.717, 1.165) is 28.0 Å². The summed E-state index contributed by atoms with van der Waals surface area (Å²) in [5.41, 5.74) is 4.86. The number of hydrogen-bond acceptors (Lipinski definition) is 6. The average molecular weight is 474 g/mol. The molecule has 3 aromatic carbocycles. The van der Waals surface area contributed by atoms with Gasteiger partial charge in [-0.25, -0.2) is 4.39 Å². The third-order valence-electron chi connectivity index (χ3n) is 5.42. The van der Waals surface area contributed by atoms with E-state index in [2.05, 4.69) is 32.0 Å². The minimum Gasteiger partial charge on any atom is -0.355 e. The lowest BCUT2D eigenvalue weighted by molar-refractivity contribution is 0.102. The van der Waals surface area contributed by atoms with Gasteiger partial charge >= 0.3 is 0 Å². The highest BCUT2D eigenvalue weighted by molar-refractivity contribution is 6.04. The van der Waals surface area contributed by atoms with E-state index < -0.39 is 5.82 Å². The molecule has 5 rings (SSSR count). The third-order valence-corrected chi connectivity index (χ3v) is 5.42. The standard InChI is InChI=1S/C28H19FN6O/c29-20-14-23(33-22-7-10-31-11-8-22)16-24(15-20)35-28(36)19-2-4-21(5-3-19)34-27-9-12-32-26-6-1-18(17-30)13-25(26)27/h1-16H,(H,31,33)(H,32,34)(H,35,36). The number of nitriles is 1. The molecule has 0 spiro atoms. The van der Waals surface area contributed by atoms with E-state index in [-0.39, 0.29) is 5.91 Å². The fourth-order valence-electron chi connectivity index (χ4n) is 3.72. The number of carbonyl (C=O) groups excluding carboxylic acids is 1. The van der Waals surface area contributed by atoms with E-state index >= 15 is 0 Å². The zero-order valence-electron chi connectivity index (χ0n) is 18.9. The summed E-state index contributed by atoms with van der Waals surface area (Å²) >= 11 is 0. The monoisotopic (exact) mass is 474 g/mol. The van der Waals surface area contributed by atoms with Gasteiger partial charge in [-0.05, 0) is 78.9 Å². The molecular formula is C28H19FN6O. The fraction of sp³-hybridized carbons (Fsp3) is 0. The molecule has 0 radical (unpaired) electrons. The SMILES string of the molecule is N#Cc1ccc2nccc(Nc3ccc(C(=O)Nc4cc(F)cc(Nc5ccncc5)c4)cc3)c2c1. The van der Waals surface area contributed by atoms with Gasteiger partial charge in [-0.2, -0.15) is 5.26 Å². The molecule has 36 heavy (non-hydrogen) atoms. The van der Waals surface area contributed by atoms with Crippen molar-refractivity contribution < 1.29 is 9.18 Å². The molecule has 2 aromatic heterocycles. The largest absolute Gasteiger partial charge is 0.355 e. The predicted octanol–water partition coefficient (Wildman–Crippen LogP) is 6.38. The summed E-state index contributed by atoms with van der Waals surface area (Å²) in [6.07, 6.45) is 4.95. The number of benzene rings is 3. The van der Waals surface area contributed by atoms with Crippen molar-refractivity contribution >= 4 is 45.2 Å². The zero-order valence-corrected chi connectivity index (χ0v) is 18.9. The molecule has 2 heterocycles. The Bertz CT molecular complexity index is 1600. The van der Waals surface area contributed by atoms with E-state index in [1.165, 1.54) is 12.1 Å². The quantitative estimate of drug-likeness (QED) is 0.264. The van der Waals surface area contributed by atoms with Gasteiger partial charge in [-0.1, -0.05) is 0 Å². The Morgan fingerprint density at radius 2 is 1.53 bits per heavy atom. The van der Waals surface area contributed by atoms with Crippen LogP contribution in [0.2, 0.25) is 0 Å². The van der Waals surface area contributed by atoms with Crippen LogP contribution in [0.25, 0.3) is 10.9 Å². The summed E-state index contributed by atoms with van der Waals surface area (Å²) in [5.74, 6) is -0.844. The van der Waals surface area contributed by atoms with E-state index in [4.69, 9.17) is 0 Å². The topological polar surface area (TPSA) is 103 Å². The van der Waals surface area contributed by atoms with E-state index in [1.54, 1.807) is 79.3 Å². The summed E-state index contributed by atoms with van der Waals surface area (Å²) in [6, 6.07) is 24.0. The van der Waals surface area contributed by atoms with Crippen LogP contribution in [0.5, 0.6) is 0 Å². The van der Waals surface area contributed by atoms with Crippen molar-refractivity contribution in [1.82, 2.24) is 9.97 Å². The molecule has 7 nitrogen and oxygen atoms in total. The number of carbonyl (C=O) groups is 1. The highest BCUT2D eigenvalue weighted by atomic mass is 19.1. The van der Waals surface area contributed by atoms with Crippen LogP contribution in [0.3, 0.4) is 0 Å². The number of halogens is 1. The van der Waals surface area contributed by atoms with Crippen LogP contribution in [0.4, 0.5) is 32.8 Å². The van der Waals surface area contributed by atoms with Crippen LogP contribution in [0.15, 0.2) is 97.5 Å². The van der Waals surface area contributed by atoms with Gasteiger partial charge in [-0.3, -0.25) is 14.8 Å². The molecule has 0 saturated carbocycles. The smallest absolute Gasteiger partial charge is 0.255 e. The molecule has 0 aliphatic rings. The van der Waals surface area contributed by atoms with Gasteiger partial charge in [0.1, 0.15) is 5.82 Å². The third kappa shape index (κ3) is 5.11. The molecule has 0 aliphatic carbocycles. The first-order valence-corrected chi connectivity index (χ1v) is 11.0. The van der Waals surface area contributed by atoms with E-state index in [0.29, 0.717) is 22.5 Å². The number of pyridine rings is 2. The summed E-state index contributed by atoms with van der Waals surface area (Å²) in [4.78, 5) is 21.1. The number of nitrogens with zero attached hydrogens (tertiary/aromatic N) is 3. The Morgan fingerprint density at radius 3 is 2.31 bits per heavy atom.